The summed E-state index contributed by atoms with van der Waals surface area (Å²) in [7, 11) is 0. The number of nitrogens with two attached hydrogens (primary N) is 2. The van der Waals surface area contributed by atoms with E-state index in [9.17, 15) is 18.0 Å². The number of aromatic nitrogens is 2. The van der Waals surface area contributed by atoms with Gasteiger partial charge < -0.3 is 27.0 Å². The molecular weight excluding hydrogens is 461 g/mol. The summed E-state index contributed by atoms with van der Waals surface area (Å²) < 4.78 is 38.8. The number of alkyl halides is 3. The summed E-state index contributed by atoms with van der Waals surface area (Å²) in [4.78, 5) is 22.4. The molecule has 1 aliphatic heterocycles. The summed E-state index contributed by atoms with van der Waals surface area (Å²) in [5.41, 5.74) is 12.6. The molecule has 4 rings (SSSR count). The number of likely N-dealkylation sites (tertiary alicyclic amines) is 1. The first-order chi connectivity index (χ1) is 16.6. The Balaban J connectivity index is 1.44. The zero-order valence-electron chi connectivity index (χ0n) is 18.4. The van der Waals surface area contributed by atoms with Crippen molar-refractivity contribution in [2.75, 3.05) is 35.2 Å². The average Bonchev–Trinajstić information content (AvgIpc) is 3.28. The molecular formula is C23H23F3N8O. The number of amides is 2. The highest BCUT2D eigenvalue weighted by atomic mass is 19.4. The van der Waals surface area contributed by atoms with Crippen LogP contribution < -0.4 is 22.1 Å². The molecule has 2 amide bonds. The Labute approximate surface area is 198 Å². The number of anilines is 4. The number of rotatable bonds is 5. The van der Waals surface area contributed by atoms with Gasteiger partial charge in [0.2, 0.25) is 0 Å². The minimum atomic E-state index is -4.50. The van der Waals surface area contributed by atoms with Crippen molar-refractivity contribution >= 4 is 34.8 Å². The van der Waals surface area contributed by atoms with Crippen LogP contribution in [0.5, 0.6) is 0 Å². The Morgan fingerprint density at radius 3 is 2.57 bits per heavy atom. The molecule has 1 fully saturated rings. The first-order valence-electron chi connectivity index (χ1n) is 10.7. The SMILES string of the molecule is N=C(c1ccc(N)cc1)c1c(N)ncnc1N[C@H]1CCN(C(=O)Nc2cccc(C(F)(F)F)c2)C1. The number of urea groups is 1. The average molecular weight is 484 g/mol. The number of halogens is 3. The van der Waals surface area contributed by atoms with Gasteiger partial charge in [0.05, 0.1) is 16.8 Å². The van der Waals surface area contributed by atoms with Gasteiger partial charge in [0.1, 0.15) is 18.0 Å². The summed E-state index contributed by atoms with van der Waals surface area (Å²) in [6.45, 7) is 0.664. The largest absolute Gasteiger partial charge is 0.416 e. The van der Waals surface area contributed by atoms with Crippen LogP contribution >= 0.6 is 0 Å². The fourth-order valence-corrected chi connectivity index (χ4v) is 3.78. The summed E-state index contributed by atoms with van der Waals surface area (Å²) in [6, 6.07) is 10.5. The monoisotopic (exact) mass is 484 g/mol. The number of carbonyl (C=O) groups is 1. The van der Waals surface area contributed by atoms with Crippen molar-refractivity contribution in [1.29, 1.82) is 5.41 Å². The fourth-order valence-electron chi connectivity index (χ4n) is 3.78. The van der Waals surface area contributed by atoms with Crippen molar-refractivity contribution in [3.63, 3.8) is 0 Å². The van der Waals surface area contributed by atoms with E-state index in [4.69, 9.17) is 16.9 Å². The van der Waals surface area contributed by atoms with E-state index in [2.05, 4.69) is 20.6 Å². The van der Waals surface area contributed by atoms with Crippen LogP contribution in [-0.2, 0) is 6.18 Å². The fraction of sp³-hybridized carbons (Fsp3) is 0.217. The number of nitrogens with one attached hydrogen (secondary N) is 3. The maximum Gasteiger partial charge on any atom is 0.416 e. The van der Waals surface area contributed by atoms with Crippen molar-refractivity contribution in [3.8, 4) is 0 Å². The lowest BCUT2D eigenvalue weighted by atomic mass is 10.0. The molecule has 0 bridgehead atoms. The minimum absolute atomic E-state index is 0.0593. The van der Waals surface area contributed by atoms with Crippen molar-refractivity contribution < 1.29 is 18.0 Å². The third-order valence-corrected chi connectivity index (χ3v) is 5.58. The highest BCUT2D eigenvalue weighted by Crippen LogP contribution is 2.31. The smallest absolute Gasteiger partial charge is 0.399 e. The van der Waals surface area contributed by atoms with E-state index in [1.165, 1.54) is 23.4 Å². The van der Waals surface area contributed by atoms with Crippen LogP contribution in [0.25, 0.3) is 0 Å². The molecule has 35 heavy (non-hydrogen) atoms. The van der Waals surface area contributed by atoms with E-state index in [0.29, 0.717) is 35.6 Å². The molecule has 0 saturated carbocycles. The molecule has 1 aromatic heterocycles. The van der Waals surface area contributed by atoms with Crippen LogP contribution in [0.4, 0.5) is 41.0 Å². The number of nitrogen functional groups attached to an aromatic ring is 2. The molecule has 9 nitrogen and oxygen atoms in total. The molecule has 1 atom stereocenters. The zero-order valence-corrected chi connectivity index (χ0v) is 18.4. The number of nitrogens with zero attached hydrogens (tertiary/aromatic N) is 3. The maximum atomic E-state index is 12.9. The van der Waals surface area contributed by atoms with E-state index in [0.717, 1.165) is 12.1 Å². The van der Waals surface area contributed by atoms with Gasteiger partial charge in [-0.1, -0.05) is 18.2 Å². The molecule has 182 valence electrons. The van der Waals surface area contributed by atoms with Crippen LogP contribution in [0.15, 0.2) is 54.9 Å². The summed E-state index contributed by atoms with van der Waals surface area (Å²) in [5.74, 6) is 0.478. The minimum Gasteiger partial charge on any atom is -0.399 e. The summed E-state index contributed by atoms with van der Waals surface area (Å²) in [5, 5.41) is 14.3. The standard InChI is InChI=1S/C23H23F3N8O/c24-23(25,26)14-2-1-3-16(10-14)33-22(35)34-9-8-17(11-34)32-21-18(20(29)30-12-31-21)19(28)13-4-6-15(27)7-5-13/h1-7,10,12,17,28H,8-9,11,27H2,(H,33,35)(H3,29,30,31,32)/t17-/m0/s1. The second kappa shape index (κ2) is 9.49. The lowest BCUT2D eigenvalue weighted by Crippen LogP contribution is -2.35. The van der Waals surface area contributed by atoms with Gasteiger partial charge in [-0.25, -0.2) is 14.8 Å². The van der Waals surface area contributed by atoms with Gasteiger partial charge in [-0.3, -0.25) is 5.41 Å². The van der Waals surface area contributed by atoms with Crippen LogP contribution in [0.2, 0.25) is 0 Å². The molecule has 2 aromatic carbocycles. The van der Waals surface area contributed by atoms with Gasteiger partial charge in [0, 0.05) is 36.1 Å². The van der Waals surface area contributed by atoms with E-state index >= 15 is 0 Å². The third-order valence-electron chi connectivity index (χ3n) is 5.58. The lowest BCUT2D eigenvalue weighted by Gasteiger charge is -2.20. The van der Waals surface area contributed by atoms with Crippen molar-refractivity contribution in [2.24, 2.45) is 0 Å². The van der Waals surface area contributed by atoms with Crippen LogP contribution in [0.1, 0.15) is 23.1 Å². The van der Waals surface area contributed by atoms with Crippen LogP contribution in [-0.4, -0.2) is 45.7 Å². The predicted molar refractivity (Wildman–Crippen MR) is 127 cm³/mol. The predicted octanol–water partition coefficient (Wildman–Crippen LogP) is 3.79. The molecule has 1 saturated heterocycles. The highest BCUT2D eigenvalue weighted by molar-refractivity contribution is 6.16. The van der Waals surface area contributed by atoms with E-state index < -0.39 is 17.8 Å². The van der Waals surface area contributed by atoms with E-state index in [1.807, 2.05) is 0 Å². The van der Waals surface area contributed by atoms with Gasteiger partial charge in [0.25, 0.3) is 0 Å². The van der Waals surface area contributed by atoms with Crippen molar-refractivity contribution in [1.82, 2.24) is 14.9 Å². The Bertz CT molecular complexity index is 1250. The second-order valence-corrected chi connectivity index (χ2v) is 8.06. The second-order valence-electron chi connectivity index (χ2n) is 8.06. The van der Waals surface area contributed by atoms with Crippen molar-refractivity contribution in [2.45, 2.75) is 18.6 Å². The summed E-state index contributed by atoms with van der Waals surface area (Å²) in [6.07, 6.45) is -2.65. The van der Waals surface area contributed by atoms with E-state index in [1.54, 1.807) is 24.3 Å². The first-order valence-corrected chi connectivity index (χ1v) is 10.7. The molecule has 1 aliphatic rings. The Kier molecular flexibility index (Phi) is 6.45. The molecule has 0 spiro atoms. The number of hydrogen-bond donors (Lipinski definition) is 5. The number of benzene rings is 2. The van der Waals surface area contributed by atoms with Crippen molar-refractivity contribution in [3.05, 3.63) is 71.5 Å². The molecule has 2 heterocycles. The molecule has 0 unspecified atom stereocenters. The molecule has 12 heteroatoms. The van der Waals surface area contributed by atoms with Gasteiger partial charge in [-0.05, 0) is 36.8 Å². The number of hydrogen-bond acceptors (Lipinski definition) is 7. The Morgan fingerprint density at radius 2 is 1.86 bits per heavy atom. The Morgan fingerprint density at radius 1 is 1.11 bits per heavy atom. The molecule has 3 aromatic rings. The van der Waals surface area contributed by atoms with Gasteiger partial charge in [0.15, 0.2) is 0 Å². The Hall–Kier alpha value is -4.35. The quantitative estimate of drug-likeness (QED) is 0.275. The van der Waals surface area contributed by atoms with Gasteiger partial charge in [-0.15, -0.1) is 0 Å². The molecule has 0 radical (unpaired) electrons. The third kappa shape index (κ3) is 5.42. The van der Waals surface area contributed by atoms with E-state index in [-0.39, 0.29) is 29.8 Å². The molecule has 0 aliphatic carbocycles. The van der Waals surface area contributed by atoms with Crippen LogP contribution in [0, 0.1) is 5.41 Å². The topological polar surface area (TPSA) is 146 Å². The maximum absolute atomic E-state index is 12.9. The number of carbonyl (C=O) groups excluding carboxylic acids is 1. The normalized spacial score (nSPS) is 15.6. The molecule has 7 N–H and O–H groups in total. The lowest BCUT2D eigenvalue weighted by molar-refractivity contribution is -0.137. The first kappa shape index (κ1) is 23.8. The van der Waals surface area contributed by atoms with Gasteiger partial charge >= 0.3 is 12.2 Å². The van der Waals surface area contributed by atoms with Gasteiger partial charge in [-0.2, -0.15) is 13.2 Å². The zero-order chi connectivity index (χ0) is 25.2. The van der Waals surface area contributed by atoms with Crippen LogP contribution in [0.3, 0.4) is 0 Å². The summed E-state index contributed by atoms with van der Waals surface area (Å²) >= 11 is 0. The highest BCUT2D eigenvalue weighted by Gasteiger charge is 2.31.